The molecule has 0 aromatic heterocycles. The van der Waals surface area contributed by atoms with Gasteiger partial charge in [-0.15, -0.1) is 0 Å². The van der Waals surface area contributed by atoms with E-state index in [1.165, 1.54) is 0 Å². The molecule has 0 heterocycles. The zero-order valence-electron chi connectivity index (χ0n) is 14.6. The molecule has 0 radical (unpaired) electrons. The molecule has 0 aliphatic heterocycles. The van der Waals surface area contributed by atoms with Gasteiger partial charge in [-0.3, -0.25) is 4.79 Å². The zero-order chi connectivity index (χ0) is 17.7. The molecule has 1 rings (SSSR count). The lowest BCUT2D eigenvalue weighted by Crippen LogP contribution is -2.44. The summed E-state index contributed by atoms with van der Waals surface area (Å²) in [4.78, 5) is 23.4. The molecule has 0 spiro atoms. The van der Waals surface area contributed by atoms with E-state index < -0.39 is 20.3 Å². The van der Waals surface area contributed by atoms with Crippen LogP contribution in [0.5, 0.6) is 0 Å². The van der Waals surface area contributed by atoms with Gasteiger partial charge < -0.3 is 14.8 Å². The van der Waals surface area contributed by atoms with Gasteiger partial charge in [-0.1, -0.05) is 51.1 Å². The van der Waals surface area contributed by atoms with Crippen molar-refractivity contribution in [2.75, 3.05) is 13.2 Å². The maximum atomic E-state index is 12.6. The lowest BCUT2D eigenvalue weighted by Gasteiger charge is -2.37. The largest absolute Gasteiger partial charge is 0.465 e. The fourth-order valence-corrected chi connectivity index (χ4v) is 2.85. The molecule has 0 aliphatic rings. The summed E-state index contributed by atoms with van der Waals surface area (Å²) in [6.45, 7) is 10.9. The number of Topliss-reactive ketones (excluding diaryl/α,β-unsaturated/α-hetero) is 1. The molecular formula is C17H27NO4Si. The first-order valence-electron chi connectivity index (χ1n) is 7.74. The fourth-order valence-electron chi connectivity index (χ4n) is 1.80. The standard InChI is InChI=1S/C17H27NO4Si/c1-17(2,3)23(4,5)22-12-14(11-18-16(20)21)15(19)13-9-7-6-8-10-13/h6-10,14,18H,11-12H2,1-5H3,(H,20,21). The summed E-state index contributed by atoms with van der Waals surface area (Å²) in [5, 5.41) is 11.2. The molecule has 0 bridgehead atoms. The Balaban J connectivity index is 2.85. The topological polar surface area (TPSA) is 75.6 Å². The molecular weight excluding hydrogens is 310 g/mol. The van der Waals surface area contributed by atoms with Crippen LogP contribution >= 0.6 is 0 Å². The van der Waals surface area contributed by atoms with E-state index in [-0.39, 0.29) is 24.0 Å². The van der Waals surface area contributed by atoms with Crippen LogP contribution in [0.15, 0.2) is 30.3 Å². The number of nitrogens with one attached hydrogen (secondary N) is 1. The highest BCUT2D eigenvalue weighted by Gasteiger charge is 2.38. The number of rotatable bonds is 7. The molecule has 0 fully saturated rings. The van der Waals surface area contributed by atoms with Crippen LogP contribution < -0.4 is 5.32 Å². The second-order valence-corrected chi connectivity index (χ2v) is 12.0. The summed E-state index contributed by atoms with van der Waals surface area (Å²) in [5.74, 6) is -0.624. The van der Waals surface area contributed by atoms with Gasteiger partial charge in [-0.25, -0.2) is 4.79 Å². The van der Waals surface area contributed by atoms with Crippen molar-refractivity contribution in [3.05, 3.63) is 35.9 Å². The number of ketones is 1. The van der Waals surface area contributed by atoms with Gasteiger partial charge in [0.15, 0.2) is 14.1 Å². The summed E-state index contributed by atoms with van der Waals surface area (Å²) in [7, 11) is -2.00. The molecule has 1 atom stereocenters. The maximum Gasteiger partial charge on any atom is 0.404 e. The molecule has 6 heteroatoms. The van der Waals surface area contributed by atoms with Crippen molar-refractivity contribution >= 4 is 20.2 Å². The van der Waals surface area contributed by atoms with Crippen molar-refractivity contribution in [1.82, 2.24) is 5.32 Å². The first kappa shape index (κ1) is 19.4. The van der Waals surface area contributed by atoms with Crippen molar-refractivity contribution in [1.29, 1.82) is 0 Å². The smallest absolute Gasteiger partial charge is 0.404 e. The van der Waals surface area contributed by atoms with Gasteiger partial charge in [0, 0.05) is 18.7 Å². The number of carboxylic acid groups (broad SMARTS) is 1. The third kappa shape index (κ3) is 5.80. The lowest BCUT2D eigenvalue weighted by molar-refractivity contribution is 0.0865. The van der Waals surface area contributed by atoms with E-state index in [2.05, 4.69) is 39.2 Å². The molecule has 1 unspecified atom stereocenters. The first-order chi connectivity index (χ1) is 10.5. The van der Waals surface area contributed by atoms with E-state index in [9.17, 15) is 9.59 Å². The average Bonchev–Trinajstić information content (AvgIpc) is 2.46. The number of carbonyl (C=O) groups excluding carboxylic acids is 1. The van der Waals surface area contributed by atoms with Gasteiger partial charge >= 0.3 is 6.09 Å². The van der Waals surface area contributed by atoms with E-state index in [4.69, 9.17) is 9.53 Å². The second-order valence-electron chi connectivity index (χ2n) is 7.18. The minimum atomic E-state index is -2.00. The van der Waals surface area contributed by atoms with Crippen molar-refractivity contribution in [3.63, 3.8) is 0 Å². The van der Waals surface area contributed by atoms with E-state index >= 15 is 0 Å². The molecule has 1 aromatic rings. The summed E-state index contributed by atoms with van der Waals surface area (Å²) >= 11 is 0. The predicted molar refractivity (Wildman–Crippen MR) is 93.4 cm³/mol. The molecule has 5 nitrogen and oxygen atoms in total. The second kappa shape index (κ2) is 7.74. The number of hydrogen-bond donors (Lipinski definition) is 2. The first-order valence-corrected chi connectivity index (χ1v) is 10.7. The Morgan fingerprint density at radius 3 is 2.26 bits per heavy atom. The van der Waals surface area contributed by atoms with Crippen molar-refractivity contribution < 1.29 is 19.1 Å². The average molecular weight is 337 g/mol. The maximum absolute atomic E-state index is 12.6. The molecule has 0 aliphatic carbocycles. The fraction of sp³-hybridized carbons (Fsp3) is 0.529. The molecule has 1 amide bonds. The third-order valence-electron chi connectivity index (χ3n) is 4.38. The van der Waals surface area contributed by atoms with E-state index in [1.54, 1.807) is 24.3 Å². The Morgan fingerprint density at radius 1 is 1.22 bits per heavy atom. The Morgan fingerprint density at radius 2 is 1.78 bits per heavy atom. The minimum Gasteiger partial charge on any atom is -0.465 e. The Hall–Kier alpha value is -1.66. The number of hydrogen-bond acceptors (Lipinski definition) is 3. The van der Waals surface area contributed by atoms with Gasteiger partial charge in [-0.2, -0.15) is 0 Å². The molecule has 23 heavy (non-hydrogen) atoms. The molecule has 128 valence electrons. The molecule has 2 N–H and O–H groups in total. The van der Waals surface area contributed by atoms with Gasteiger partial charge in [-0.05, 0) is 18.1 Å². The van der Waals surface area contributed by atoms with Crippen LogP contribution in [0.2, 0.25) is 18.1 Å². The van der Waals surface area contributed by atoms with E-state index in [0.29, 0.717) is 5.56 Å². The third-order valence-corrected chi connectivity index (χ3v) is 8.88. The number of benzene rings is 1. The van der Waals surface area contributed by atoms with Crippen LogP contribution in [0.4, 0.5) is 4.79 Å². The highest BCUT2D eigenvalue weighted by atomic mass is 28.4. The Labute approximate surface area is 139 Å². The zero-order valence-corrected chi connectivity index (χ0v) is 15.6. The van der Waals surface area contributed by atoms with Crippen LogP contribution in [-0.2, 0) is 4.43 Å². The number of carbonyl (C=O) groups is 2. The molecule has 1 aromatic carbocycles. The summed E-state index contributed by atoms with van der Waals surface area (Å²) in [6, 6.07) is 8.91. The van der Waals surface area contributed by atoms with Gasteiger partial charge in [0.05, 0.1) is 5.92 Å². The minimum absolute atomic E-state index is 0.0353. The van der Waals surface area contributed by atoms with Crippen LogP contribution in [0.3, 0.4) is 0 Å². The van der Waals surface area contributed by atoms with Crippen LogP contribution in [-0.4, -0.2) is 38.5 Å². The number of amides is 1. The van der Waals surface area contributed by atoms with Crippen molar-refractivity contribution in [2.45, 2.75) is 38.9 Å². The predicted octanol–water partition coefficient (Wildman–Crippen LogP) is 3.77. The Bertz CT molecular complexity index is 537. The SMILES string of the molecule is CC(C)(C)[Si](C)(C)OCC(CNC(=O)O)C(=O)c1ccccc1. The molecule has 0 saturated heterocycles. The van der Waals surface area contributed by atoms with Crippen LogP contribution in [0.25, 0.3) is 0 Å². The lowest BCUT2D eigenvalue weighted by atomic mass is 9.98. The highest BCUT2D eigenvalue weighted by Crippen LogP contribution is 2.36. The normalized spacial score (nSPS) is 13.4. The van der Waals surface area contributed by atoms with Gasteiger partial charge in [0.25, 0.3) is 0 Å². The molecule has 0 saturated carbocycles. The summed E-state index contributed by atoms with van der Waals surface area (Å²) in [5.41, 5.74) is 0.573. The summed E-state index contributed by atoms with van der Waals surface area (Å²) < 4.78 is 6.12. The van der Waals surface area contributed by atoms with Crippen molar-refractivity contribution in [2.24, 2.45) is 5.92 Å². The van der Waals surface area contributed by atoms with Crippen LogP contribution in [0, 0.1) is 5.92 Å². The van der Waals surface area contributed by atoms with E-state index in [0.717, 1.165) is 0 Å². The Kier molecular flexibility index (Phi) is 6.53. The van der Waals surface area contributed by atoms with E-state index in [1.807, 2.05) is 6.07 Å². The quantitative estimate of drug-likeness (QED) is 0.586. The van der Waals surface area contributed by atoms with Gasteiger partial charge in [0.1, 0.15) is 0 Å². The summed E-state index contributed by atoms with van der Waals surface area (Å²) in [6.07, 6.45) is -1.14. The van der Waals surface area contributed by atoms with Gasteiger partial charge in [0.2, 0.25) is 0 Å². The van der Waals surface area contributed by atoms with Crippen molar-refractivity contribution in [3.8, 4) is 0 Å². The highest BCUT2D eigenvalue weighted by molar-refractivity contribution is 6.74. The monoisotopic (exact) mass is 337 g/mol. The van der Waals surface area contributed by atoms with Crippen LogP contribution in [0.1, 0.15) is 31.1 Å².